The Labute approximate surface area is 89.8 Å². The molecule has 0 aromatic heterocycles. The molecule has 0 saturated carbocycles. The zero-order valence-electron chi connectivity index (χ0n) is 7.66. The third-order valence-corrected chi connectivity index (χ3v) is 3.13. The van der Waals surface area contributed by atoms with Crippen molar-refractivity contribution in [2.75, 3.05) is 19.6 Å². The first-order valence-corrected chi connectivity index (χ1v) is 5.30. The maximum atomic E-state index is 13.3. The lowest BCUT2D eigenvalue weighted by Crippen LogP contribution is -2.36. The van der Waals surface area contributed by atoms with Crippen LogP contribution in [0.25, 0.3) is 0 Å². The summed E-state index contributed by atoms with van der Waals surface area (Å²) in [4.78, 5) is 1.48. The molecule has 0 aromatic carbocycles. The number of halogens is 4. The van der Waals surface area contributed by atoms with Crippen LogP contribution in [0.1, 0.15) is 13.8 Å². The number of likely N-dealkylation sites (tertiary alicyclic amines) is 1. The Morgan fingerprint density at radius 2 is 1.85 bits per heavy atom. The highest BCUT2D eigenvalue weighted by molar-refractivity contribution is 14.1. The van der Waals surface area contributed by atoms with Gasteiger partial charge in [-0.25, -0.2) is 13.2 Å². The second-order valence-electron chi connectivity index (χ2n) is 3.97. The maximum Gasteiger partial charge on any atom is 0.304 e. The Morgan fingerprint density at radius 1 is 1.31 bits per heavy atom. The summed E-state index contributed by atoms with van der Waals surface area (Å²) in [5, 5.41) is 0. The number of hydrogen-bond acceptors (Lipinski definition) is 1. The fraction of sp³-hybridized carbons (Fsp3) is 1.00. The molecule has 0 radical (unpaired) electrons. The van der Waals surface area contributed by atoms with Crippen LogP contribution in [0.4, 0.5) is 13.2 Å². The summed E-state index contributed by atoms with van der Waals surface area (Å²) in [6, 6.07) is 0. The van der Waals surface area contributed by atoms with Crippen molar-refractivity contribution in [2.45, 2.75) is 23.4 Å². The highest BCUT2D eigenvalue weighted by Crippen LogP contribution is 2.44. The number of rotatable bonds is 2. The third-order valence-electron chi connectivity index (χ3n) is 2.00. The van der Waals surface area contributed by atoms with Gasteiger partial charge in [-0.15, -0.1) is 0 Å². The SMILES string of the molecule is CC(C)CN1CC(F)(F)C(F)(I)C1. The molecule has 0 amide bonds. The molecular weight excluding hydrogens is 294 g/mol. The topological polar surface area (TPSA) is 3.24 Å². The van der Waals surface area contributed by atoms with Crippen LogP contribution in [0.2, 0.25) is 0 Å². The molecule has 1 atom stereocenters. The lowest BCUT2D eigenvalue weighted by molar-refractivity contribution is -0.0476. The average Bonchev–Trinajstić information content (AvgIpc) is 1.98. The zero-order valence-corrected chi connectivity index (χ0v) is 9.82. The molecule has 0 N–H and O–H groups in total. The van der Waals surface area contributed by atoms with Crippen molar-refractivity contribution >= 4 is 22.6 Å². The van der Waals surface area contributed by atoms with Crippen LogP contribution in [0.15, 0.2) is 0 Å². The highest BCUT2D eigenvalue weighted by atomic mass is 127. The van der Waals surface area contributed by atoms with Gasteiger partial charge in [0.05, 0.1) is 6.54 Å². The summed E-state index contributed by atoms with van der Waals surface area (Å²) in [7, 11) is 0. The van der Waals surface area contributed by atoms with Gasteiger partial charge in [0.25, 0.3) is 0 Å². The van der Waals surface area contributed by atoms with E-state index in [0.29, 0.717) is 12.5 Å². The molecule has 1 unspecified atom stereocenters. The largest absolute Gasteiger partial charge is 0.304 e. The summed E-state index contributed by atoms with van der Waals surface area (Å²) >= 11 is 1.21. The smallest absolute Gasteiger partial charge is 0.293 e. The molecule has 1 aliphatic heterocycles. The standard InChI is InChI=1S/C8H13F3IN/c1-6(2)3-13-4-7(9,10)8(11,12)5-13/h6H,3-5H2,1-2H3. The van der Waals surface area contributed by atoms with E-state index in [-0.39, 0.29) is 6.54 Å². The molecule has 1 rings (SSSR count). The third kappa shape index (κ3) is 2.49. The Kier molecular flexibility index (Phi) is 3.17. The Balaban J connectivity index is 2.60. The van der Waals surface area contributed by atoms with Gasteiger partial charge in [-0.1, -0.05) is 13.8 Å². The minimum absolute atomic E-state index is 0.168. The molecule has 5 heteroatoms. The van der Waals surface area contributed by atoms with Crippen molar-refractivity contribution in [1.29, 1.82) is 0 Å². The fourth-order valence-corrected chi connectivity index (χ4v) is 2.15. The molecule has 1 fully saturated rings. The molecule has 1 saturated heterocycles. The van der Waals surface area contributed by atoms with Crippen LogP contribution in [0, 0.1) is 5.92 Å². The fourth-order valence-electron chi connectivity index (χ4n) is 1.49. The van der Waals surface area contributed by atoms with Gasteiger partial charge >= 0.3 is 5.92 Å². The van der Waals surface area contributed by atoms with E-state index in [4.69, 9.17) is 0 Å². The van der Waals surface area contributed by atoms with Crippen molar-refractivity contribution in [3.8, 4) is 0 Å². The summed E-state index contributed by atoms with van der Waals surface area (Å²) < 4.78 is 36.9. The van der Waals surface area contributed by atoms with E-state index >= 15 is 0 Å². The second kappa shape index (κ2) is 3.56. The minimum Gasteiger partial charge on any atom is -0.293 e. The summed E-state index contributed by atoms with van der Waals surface area (Å²) in [6.45, 7) is 3.78. The molecule has 13 heavy (non-hydrogen) atoms. The zero-order chi connectivity index (χ0) is 10.3. The second-order valence-corrected chi connectivity index (χ2v) is 5.68. The molecule has 78 valence electrons. The predicted octanol–water partition coefficient (Wildman–Crippen LogP) is 2.69. The summed E-state index contributed by atoms with van der Waals surface area (Å²) in [5.74, 6) is -2.91. The van der Waals surface area contributed by atoms with Crippen LogP contribution in [-0.2, 0) is 0 Å². The first-order chi connectivity index (χ1) is 5.74. The quantitative estimate of drug-likeness (QED) is 0.560. The Morgan fingerprint density at radius 3 is 2.15 bits per heavy atom. The summed E-state index contributed by atoms with van der Waals surface area (Å²) in [6.07, 6.45) is 0. The Bertz CT molecular complexity index is 178. The van der Waals surface area contributed by atoms with Crippen molar-refractivity contribution in [3.63, 3.8) is 0 Å². The van der Waals surface area contributed by atoms with Crippen molar-refractivity contribution in [1.82, 2.24) is 4.90 Å². The molecule has 0 aromatic rings. The molecule has 0 aliphatic carbocycles. The van der Waals surface area contributed by atoms with Gasteiger partial charge in [0.2, 0.25) is 3.68 Å². The molecule has 1 aliphatic rings. The molecular formula is C8H13F3IN. The lowest BCUT2D eigenvalue weighted by atomic mass is 10.2. The van der Waals surface area contributed by atoms with E-state index in [1.165, 1.54) is 27.5 Å². The monoisotopic (exact) mass is 307 g/mol. The van der Waals surface area contributed by atoms with Crippen LogP contribution in [0.5, 0.6) is 0 Å². The van der Waals surface area contributed by atoms with E-state index in [0.717, 1.165) is 0 Å². The van der Waals surface area contributed by atoms with Crippen LogP contribution in [-0.4, -0.2) is 34.1 Å². The van der Waals surface area contributed by atoms with Gasteiger partial charge in [-0.2, -0.15) is 0 Å². The van der Waals surface area contributed by atoms with Gasteiger partial charge in [0.1, 0.15) is 0 Å². The highest BCUT2D eigenvalue weighted by Gasteiger charge is 2.59. The van der Waals surface area contributed by atoms with Crippen molar-refractivity contribution in [2.24, 2.45) is 5.92 Å². The van der Waals surface area contributed by atoms with Gasteiger partial charge in [0.15, 0.2) is 0 Å². The molecule has 0 bridgehead atoms. The van der Waals surface area contributed by atoms with E-state index in [1.54, 1.807) is 0 Å². The number of hydrogen-bond donors (Lipinski definition) is 0. The maximum absolute atomic E-state index is 13.3. The Hall–Kier alpha value is 0.480. The number of nitrogens with zero attached hydrogens (tertiary/aromatic N) is 1. The lowest BCUT2D eigenvalue weighted by Gasteiger charge is -2.17. The van der Waals surface area contributed by atoms with Gasteiger partial charge in [0, 0.05) is 13.1 Å². The predicted molar refractivity (Wildman–Crippen MR) is 54.1 cm³/mol. The van der Waals surface area contributed by atoms with E-state index in [1.807, 2.05) is 13.8 Å². The molecule has 1 heterocycles. The van der Waals surface area contributed by atoms with Gasteiger partial charge in [-0.05, 0) is 28.5 Å². The minimum atomic E-state index is -3.21. The van der Waals surface area contributed by atoms with Crippen LogP contribution in [0.3, 0.4) is 0 Å². The van der Waals surface area contributed by atoms with Gasteiger partial charge in [-0.3, -0.25) is 4.90 Å². The summed E-state index contributed by atoms with van der Waals surface area (Å²) in [5.41, 5.74) is 0. The first kappa shape index (κ1) is 11.6. The average molecular weight is 307 g/mol. The van der Waals surface area contributed by atoms with Crippen molar-refractivity contribution in [3.05, 3.63) is 0 Å². The molecule has 1 nitrogen and oxygen atoms in total. The van der Waals surface area contributed by atoms with Crippen LogP contribution >= 0.6 is 22.6 Å². The van der Waals surface area contributed by atoms with E-state index in [2.05, 4.69) is 0 Å². The first-order valence-electron chi connectivity index (χ1n) is 4.22. The van der Waals surface area contributed by atoms with E-state index in [9.17, 15) is 13.2 Å². The van der Waals surface area contributed by atoms with Crippen LogP contribution < -0.4 is 0 Å². The normalized spacial score (nSPS) is 34.4. The van der Waals surface area contributed by atoms with Crippen molar-refractivity contribution < 1.29 is 13.2 Å². The number of alkyl halides is 4. The van der Waals surface area contributed by atoms with Gasteiger partial charge < -0.3 is 0 Å². The molecule has 0 spiro atoms. The van der Waals surface area contributed by atoms with E-state index < -0.39 is 16.1 Å².